The molecule has 0 bridgehead atoms. The number of aliphatic imine (C=N–C) groups is 1. The topological polar surface area (TPSA) is 46.0 Å². The molecule has 0 atom stereocenters. The van der Waals surface area contributed by atoms with E-state index in [1.165, 1.54) is 5.56 Å². The van der Waals surface area contributed by atoms with Crippen molar-refractivity contribution in [2.24, 2.45) is 10.1 Å². The van der Waals surface area contributed by atoms with E-state index in [1.807, 2.05) is 49.4 Å². The van der Waals surface area contributed by atoms with Gasteiger partial charge in [0.15, 0.2) is 5.84 Å². The maximum atomic E-state index is 5.71. The normalized spacial score (nSPS) is 13.0. The summed E-state index contributed by atoms with van der Waals surface area (Å²) < 4.78 is 6.74. The van der Waals surface area contributed by atoms with Crippen molar-refractivity contribution in [2.75, 3.05) is 6.61 Å². The van der Waals surface area contributed by atoms with Crippen molar-refractivity contribution in [1.82, 2.24) is 5.43 Å². The number of amidine groups is 1. The first-order valence-corrected chi connectivity index (χ1v) is 9.96. The lowest BCUT2D eigenvalue weighted by atomic mass is 9.99. The van der Waals surface area contributed by atoms with Gasteiger partial charge >= 0.3 is 0 Å². The van der Waals surface area contributed by atoms with E-state index in [9.17, 15) is 0 Å². The molecule has 1 heterocycles. The molecule has 28 heavy (non-hydrogen) atoms. The van der Waals surface area contributed by atoms with Crippen molar-refractivity contribution in [3.05, 3.63) is 93.5 Å². The number of ether oxygens (including phenoxy) is 1. The van der Waals surface area contributed by atoms with Crippen LogP contribution in [0.1, 0.15) is 29.2 Å². The summed E-state index contributed by atoms with van der Waals surface area (Å²) in [6, 6.07) is 22.3. The fourth-order valence-corrected chi connectivity index (χ4v) is 3.31. The first-order valence-electron chi connectivity index (χ1n) is 9.16. The van der Waals surface area contributed by atoms with Crippen LogP contribution in [0.4, 0.5) is 5.69 Å². The molecule has 0 amide bonds. The van der Waals surface area contributed by atoms with Gasteiger partial charge in [-0.05, 0) is 44.2 Å². The van der Waals surface area contributed by atoms with Crippen LogP contribution in [0.15, 0.2) is 81.3 Å². The van der Waals surface area contributed by atoms with E-state index in [0.29, 0.717) is 12.4 Å². The Kier molecular flexibility index (Phi) is 5.26. The summed E-state index contributed by atoms with van der Waals surface area (Å²) in [7, 11) is 0. The molecule has 1 N–H and O–H groups in total. The summed E-state index contributed by atoms with van der Waals surface area (Å²) in [4.78, 5) is 4.85. The molecule has 1 aliphatic rings. The third-order valence-electron chi connectivity index (χ3n) is 4.48. The number of nitrogens with zero attached hydrogens (tertiary/aromatic N) is 2. The van der Waals surface area contributed by atoms with Gasteiger partial charge in [0.05, 0.1) is 12.3 Å². The highest BCUT2D eigenvalue weighted by Crippen LogP contribution is 2.30. The molecular weight excluding hydrogens is 414 g/mol. The average Bonchev–Trinajstić information content (AvgIpc) is 2.89. The Morgan fingerprint density at radius 3 is 2.36 bits per heavy atom. The van der Waals surface area contributed by atoms with Gasteiger partial charge in [-0.3, -0.25) is 5.43 Å². The fourth-order valence-electron chi connectivity index (χ4n) is 3.04. The number of hydrogen-bond donors (Lipinski definition) is 1. The van der Waals surface area contributed by atoms with Crippen LogP contribution in [0.25, 0.3) is 0 Å². The molecule has 1 aliphatic heterocycles. The molecule has 140 valence electrons. The number of nitrogens with one attached hydrogen (secondary N) is 1. The summed E-state index contributed by atoms with van der Waals surface area (Å²) in [5.41, 5.74) is 9.00. The van der Waals surface area contributed by atoms with E-state index in [2.05, 4.69) is 52.5 Å². The molecule has 4 rings (SSSR count). The summed E-state index contributed by atoms with van der Waals surface area (Å²) in [5, 5.41) is 4.71. The molecule has 0 aliphatic carbocycles. The number of rotatable bonds is 4. The van der Waals surface area contributed by atoms with Gasteiger partial charge in [-0.15, -0.1) is 0 Å². The highest BCUT2D eigenvalue weighted by Gasteiger charge is 2.18. The lowest BCUT2D eigenvalue weighted by Crippen LogP contribution is -2.19. The zero-order chi connectivity index (χ0) is 19.5. The third kappa shape index (κ3) is 3.85. The van der Waals surface area contributed by atoms with Crippen LogP contribution < -0.4 is 10.2 Å². The van der Waals surface area contributed by atoms with E-state index in [1.54, 1.807) is 0 Å². The number of benzene rings is 3. The molecule has 0 fully saturated rings. The zero-order valence-corrected chi connectivity index (χ0v) is 17.3. The van der Waals surface area contributed by atoms with Crippen molar-refractivity contribution >= 4 is 33.2 Å². The fraction of sp³-hybridized carbons (Fsp3) is 0.130. The summed E-state index contributed by atoms with van der Waals surface area (Å²) in [6.07, 6.45) is 0. The highest BCUT2D eigenvalue weighted by atomic mass is 79.9. The van der Waals surface area contributed by atoms with Gasteiger partial charge in [0.1, 0.15) is 11.5 Å². The van der Waals surface area contributed by atoms with Crippen LogP contribution in [0, 0.1) is 6.92 Å². The number of hydrazone groups is 1. The monoisotopic (exact) mass is 433 g/mol. The molecule has 4 nitrogen and oxygen atoms in total. The number of aryl methyl sites for hydroxylation is 1. The molecule has 0 spiro atoms. The second-order valence-corrected chi connectivity index (χ2v) is 7.43. The molecule has 3 aromatic carbocycles. The number of hydrogen-bond acceptors (Lipinski definition) is 4. The first kappa shape index (κ1) is 18.4. The third-order valence-corrected chi connectivity index (χ3v) is 5.01. The smallest absolute Gasteiger partial charge is 0.154 e. The predicted molar refractivity (Wildman–Crippen MR) is 118 cm³/mol. The van der Waals surface area contributed by atoms with Crippen molar-refractivity contribution in [1.29, 1.82) is 0 Å². The molecule has 0 radical (unpaired) electrons. The Balaban J connectivity index is 1.84. The second kappa shape index (κ2) is 7.98. The Hall–Kier alpha value is -2.92. The number of fused-ring (bicyclic) bond motifs is 1. The Morgan fingerprint density at radius 1 is 0.929 bits per heavy atom. The maximum Gasteiger partial charge on any atom is 0.154 e. The maximum absolute atomic E-state index is 5.71. The van der Waals surface area contributed by atoms with Crippen LogP contribution >= 0.6 is 15.9 Å². The molecule has 0 saturated carbocycles. The van der Waals surface area contributed by atoms with Gasteiger partial charge in [0.2, 0.25) is 0 Å². The first-order chi connectivity index (χ1) is 13.6. The SMILES string of the molecule is CCOc1ccc2c(c1)C(c1ccc(C)cc1)=NNC(c1ccc(Br)cc1)=N2. The van der Waals surface area contributed by atoms with Crippen molar-refractivity contribution < 1.29 is 4.74 Å². The van der Waals surface area contributed by atoms with E-state index in [-0.39, 0.29) is 0 Å². The molecule has 0 aromatic heterocycles. The lowest BCUT2D eigenvalue weighted by Gasteiger charge is -2.10. The van der Waals surface area contributed by atoms with E-state index in [0.717, 1.165) is 38.3 Å². The van der Waals surface area contributed by atoms with Gasteiger partial charge in [0.25, 0.3) is 0 Å². The molecule has 5 heteroatoms. The summed E-state index contributed by atoms with van der Waals surface area (Å²) in [5.74, 6) is 1.52. The standard InChI is InChI=1S/C23H20BrN3O/c1-3-28-19-12-13-21-20(14-19)22(16-6-4-15(2)5-7-16)26-27-23(25-21)17-8-10-18(24)11-9-17/h4-14H,3H2,1-2H3,(H,25,27). The minimum Gasteiger partial charge on any atom is -0.494 e. The van der Waals surface area contributed by atoms with Crippen molar-refractivity contribution in [2.45, 2.75) is 13.8 Å². The second-order valence-electron chi connectivity index (χ2n) is 6.52. The van der Waals surface area contributed by atoms with E-state index >= 15 is 0 Å². The largest absolute Gasteiger partial charge is 0.494 e. The minimum absolute atomic E-state index is 0.613. The van der Waals surface area contributed by atoms with Crippen molar-refractivity contribution in [3.63, 3.8) is 0 Å². The Labute approximate surface area is 173 Å². The zero-order valence-electron chi connectivity index (χ0n) is 15.7. The Morgan fingerprint density at radius 2 is 1.64 bits per heavy atom. The number of halogens is 1. The van der Waals surface area contributed by atoms with Gasteiger partial charge in [0, 0.05) is 21.2 Å². The predicted octanol–water partition coefficient (Wildman–Crippen LogP) is 5.59. The quantitative estimate of drug-likeness (QED) is 0.582. The van der Waals surface area contributed by atoms with E-state index in [4.69, 9.17) is 14.8 Å². The highest BCUT2D eigenvalue weighted by molar-refractivity contribution is 9.10. The molecule has 0 unspecified atom stereocenters. The van der Waals surface area contributed by atoms with Crippen LogP contribution in [0.3, 0.4) is 0 Å². The van der Waals surface area contributed by atoms with Crippen LogP contribution in [0.2, 0.25) is 0 Å². The van der Waals surface area contributed by atoms with Crippen molar-refractivity contribution in [3.8, 4) is 5.75 Å². The summed E-state index contributed by atoms with van der Waals surface area (Å²) in [6.45, 7) is 4.67. The van der Waals surface area contributed by atoms with Crippen LogP contribution in [-0.4, -0.2) is 18.2 Å². The Bertz CT molecular complexity index is 1050. The lowest BCUT2D eigenvalue weighted by molar-refractivity contribution is 0.340. The van der Waals surface area contributed by atoms with Gasteiger partial charge < -0.3 is 4.74 Å². The van der Waals surface area contributed by atoms with Gasteiger partial charge in [-0.1, -0.05) is 57.9 Å². The van der Waals surface area contributed by atoms with Gasteiger partial charge in [-0.2, -0.15) is 5.10 Å². The van der Waals surface area contributed by atoms with E-state index < -0.39 is 0 Å². The summed E-state index contributed by atoms with van der Waals surface area (Å²) >= 11 is 3.48. The molecule has 3 aromatic rings. The molecule has 0 saturated heterocycles. The van der Waals surface area contributed by atoms with Gasteiger partial charge in [-0.25, -0.2) is 4.99 Å². The van der Waals surface area contributed by atoms with Crippen LogP contribution in [0.5, 0.6) is 5.75 Å². The minimum atomic E-state index is 0.613. The van der Waals surface area contributed by atoms with Crippen LogP contribution in [-0.2, 0) is 0 Å². The molecular formula is C23H20BrN3O. The average molecular weight is 434 g/mol.